The number of anilines is 1. The number of amides is 3. The van der Waals surface area contributed by atoms with E-state index >= 15 is 0 Å². The first kappa shape index (κ1) is 23.0. The molecule has 2 aliphatic rings. The minimum absolute atomic E-state index is 0.0957. The zero-order chi connectivity index (χ0) is 23.8. The Kier molecular flexibility index (Phi) is 6.28. The predicted molar refractivity (Wildman–Crippen MR) is 129 cm³/mol. The highest BCUT2D eigenvalue weighted by atomic mass is 16.2. The minimum Gasteiger partial charge on any atom is -0.369 e. The predicted octanol–water partition coefficient (Wildman–Crippen LogP) is 4.20. The lowest BCUT2D eigenvalue weighted by Gasteiger charge is -2.42. The largest absolute Gasteiger partial charge is 0.369 e. The van der Waals surface area contributed by atoms with E-state index < -0.39 is 23.3 Å². The van der Waals surface area contributed by atoms with Gasteiger partial charge in [-0.1, -0.05) is 75.6 Å². The third kappa shape index (κ3) is 3.92. The van der Waals surface area contributed by atoms with Gasteiger partial charge in [-0.2, -0.15) is 0 Å². The fourth-order valence-electron chi connectivity index (χ4n) is 5.89. The number of carbonyl (C=O) groups is 3. The molecule has 1 saturated carbocycles. The molecule has 1 aliphatic carbocycles. The first-order valence-corrected chi connectivity index (χ1v) is 11.8. The minimum atomic E-state index is -0.876. The van der Waals surface area contributed by atoms with Crippen molar-refractivity contribution in [1.82, 2.24) is 5.32 Å². The standard InChI is InChI=1S/C27H33N3O3/c1-17(2)22(27(26(28)33)15-9-4-10-16-27)24(31)29-23-20-13-6-5-11-18(20)19-12-7-8-14-21(19)30(3)25(23)32/h5-8,11-14,17,22-23H,4,9-10,15-16H2,1-3H3,(H2,28,33)(H,29,31). The zero-order valence-corrected chi connectivity index (χ0v) is 19.6. The Labute approximate surface area is 195 Å². The maximum Gasteiger partial charge on any atom is 0.253 e. The monoisotopic (exact) mass is 447 g/mol. The van der Waals surface area contributed by atoms with Gasteiger partial charge in [-0.3, -0.25) is 14.4 Å². The van der Waals surface area contributed by atoms with Gasteiger partial charge in [0.15, 0.2) is 0 Å². The normalized spacial score (nSPS) is 20.4. The molecular formula is C27H33N3O3. The smallest absolute Gasteiger partial charge is 0.253 e. The number of carbonyl (C=O) groups excluding carboxylic acids is 3. The molecule has 2 atom stereocenters. The van der Waals surface area contributed by atoms with Crippen LogP contribution in [0, 0.1) is 17.3 Å². The fourth-order valence-corrected chi connectivity index (χ4v) is 5.89. The van der Waals surface area contributed by atoms with Crippen LogP contribution in [0.4, 0.5) is 5.69 Å². The van der Waals surface area contributed by atoms with E-state index in [1.807, 2.05) is 62.4 Å². The summed E-state index contributed by atoms with van der Waals surface area (Å²) in [5.41, 5.74) is 8.47. The number of primary amides is 1. The number of hydrogen-bond acceptors (Lipinski definition) is 3. The highest BCUT2D eigenvalue weighted by molar-refractivity contribution is 6.06. The topological polar surface area (TPSA) is 92.5 Å². The molecule has 174 valence electrons. The van der Waals surface area contributed by atoms with Crippen LogP contribution in [-0.4, -0.2) is 24.8 Å². The lowest BCUT2D eigenvalue weighted by atomic mass is 9.61. The van der Waals surface area contributed by atoms with Crippen LogP contribution in [0.2, 0.25) is 0 Å². The summed E-state index contributed by atoms with van der Waals surface area (Å²) in [5, 5.41) is 3.05. The number of hydrogen-bond donors (Lipinski definition) is 2. The van der Waals surface area contributed by atoms with Gasteiger partial charge < -0.3 is 16.0 Å². The molecule has 0 aromatic heterocycles. The number of para-hydroxylation sites is 1. The highest BCUT2D eigenvalue weighted by Gasteiger charge is 2.50. The summed E-state index contributed by atoms with van der Waals surface area (Å²) in [6, 6.07) is 14.6. The molecule has 0 bridgehead atoms. The van der Waals surface area contributed by atoms with Gasteiger partial charge in [0.2, 0.25) is 11.8 Å². The Morgan fingerprint density at radius 1 is 1.00 bits per heavy atom. The van der Waals surface area contributed by atoms with Gasteiger partial charge in [-0.05, 0) is 36.0 Å². The van der Waals surface area contributed by atoms with Crippen molar-refractivity contribution < 1.29 is 14.4 Å². The van der Waals surface area contributed by atoms with E-state index in [0.717, 1.165) is 41.6 Å². The van der Waals surface area contributed by atoms with Crippen LogP contribution in [0.15, 0.2) is 48.5 Å². The summed E-state index contributed by atoms with van der Waals surface area (Å²) >= 11 is 0. The van der Waals surface area contributed by atoms with Gasteiger partial charge in [0.1, 0.15) is 6.04 Å². The lowest BCUT2D eigenvalue weighted by molar-refractivity contribution is -0.146. The molecule has 4 rings (SSSR count). The van der Waals surface area contributed by atoms with Crippen LogP contribution in [-0.2, 0) is 14.4 Å². The second-order valence-corrected chi connectivity index (χ2v) is 9.75. The summed E-state index contributed by atoms with van der Waals surface area (Å²) in [6.45, 7) is 3.91. The van der Waals surface area contributed by atoms with E-state index in [2.05, 4.69) is 5.32 Å². The quantitative estimate of drug-likeness (QED) is 0.720. The van der Waals surface area contributed by atoms with E-state index in [1.165, 1.54) is 0 Å². The van der Waals surface area contributed by atoms with Crippen LogP contribution in [0.25, 0.3) is 11.1 Å². The zero-order valence-electron chi connectivity index (χ0n) is 19.6. The molecular weight excluding hydrogens is 414 g/mol. The average Bonchev–Trinajstić information content (AvgIpc) is 2.89. The molecule has 3 N–H and O–H groups in total. The third-order valence-electron chi connectivity index (χ3n) is 7.47. The van der Waals surface area contributed by atoms with Crippen LogP contribution in [0.5, 0.6) is 0 Å². The second kappa shape index (κ2) is 9.00. The summed E-state index contributed by atoms with van der Waals surface area (Å²) in [6.07, 6.45) is 4.02. The molecule has 2 aromatic rings. The van der Waals surface area contributed by atoms with Gasteiger partial charge in [-0.25, -0.2) is 0 Å². The van der Waals surface area contributed by atoms with Crippen molar-refractivity contribution in [3.8, 4) is 11.1 Å². The van der Waals surface area contributed by atoms with Gasteiger partial charge in [0.25, 0.3) is 5.91 Å². The summed E-state index contributed by atoms with van der Waals surface area (Å²) in [7, 11) is 1.73. The molecule has 6 nitrogen and oxygen atoms in total. The summed E-state index contributed by atoms with van der Waals surface area (Å²) < 4.78 is 0. The van der Waals surface area contributed by atoms with Gasteiger partial charge in [0, 0.05) is 12.6 Å². The molecule has 2 aromatic carbocycles. The number of fused-ring (bicyclic) bond motifs is 3. The Bertz CT molecular complexity index is 1070. The van der Waals surface area contributed by atoms with Crippen molar-refractivity contribution in [2.24, 2.45) is 23.0 Å². The van der Waals surface area contributed by atoms with Gasteiger partial charge >= 0.3 is 0 Å². The third-order valence-corrected chi connectivity index (χ3v) is 7.47. The van der Waals surface area contributed by atoms with Crippen LogP contribution in [0.1, 0.15) is 57.6 Å². The Hall–Kier alpha value is -3.15. The van der Waals surface area contributed by atoms with E-state index in [9.17, 15) is 14.4 Å². The molecule has 0 radical (unpaired) electrons. The van der Waals surface area contributed by atoms with Crippen LogP contribution >= 0.6 is 0 Å². The van der Waals surface area contributed by atoms with Crippen molar-refractivity contribution in [3.05, 3.63) is 54.1 Å². The fraction of sp³-hybridized carbons (Fsp3) is 0.444. The van der Waals surface area contributed by atoms with Crippen LogP contribution < -0.4 is 16.0 Å². The maximum atomic E-state index is 13.8. The Morgan fingerprint density at radius 2 is 1.61 bits per heavy atom. The highest BCUT2D eigenvalue weighted by Crippen LogP contribution is 2.46. The number of nitrogens with zero attached hydrogens (tertiary/aromatic N) is 1. The molecule has 1 fully saturated rings. The number of benzene rings is 2. The Morgan fingerprint density at radius 3 is 2.24 bits per heavy atom. The number of nitrogens with one attached hydrogen (secondary N) is 1. The van der Waals surface area contributed by atoms with E-state index in [-0.39, 0.29) is 17.7 Å². The van der Waals surface area contributed by atoms with E-state index in [1.54, 1.807) is 11.9 Å². The molecule has 33 heavy (non-hydrogen) atoms. The SMILES string of the molecule is CC(C)C(C(=O)NC1C(=O)N(C)c2ccccc2-c2ccccc21)C1(C(N)=O)CCCCC1. The summed E-state index contributed by atoms with van der Waals surface area (Å²) in [4.78, 5) is 41.7. The Balaban J connectivity index is 1.75. The molecule has 1 heterocycles. The van der Waals surface area contributed by atoms with Crippen LogP contribution in [0.3, 0.4) is 0 Å². The molecule has 2 unspecified atom stereocenters. The van der Waals surface area contributed by atoms with E-state index in [4.69, 9.17) is 5.73 Å². The first-order valence-electron chi connectivity index (χ1n) is 11.8. The average molecular weight is 448 g/mol. The maximum absolute atomic E-state index is 13.8. The van der Waals surface area contributed by atoms with Crippen molar-refractivity contribution >= 4 is 23.4 Å². The van der Waals surface area contributed by atoms with E-state index in [0.29, 0.717) is 12.8 Å². The molecule has 0 spiro atoms. The number of rotatable bonds is 5. The number of nitrogens with two attached hydrogens (primary N) is 1. The van der Waals surface area contributed by atoms with Crippen molar-refractivity contribution in [2.75, 3.05) is 11.9 Å². The summed E-state index contributed by atoms with van der Waals surface area (Å²) in [5.74, 6) is -1.58. The van der Waals surface area contributed by atoms with Crippen molar-refractivity contribution in [1.29, 1.82) is 0 Å². The first-order chi connectivity index (χ1) is 15.8. The van der Waals surface area contributed by atoms with Gasteiger partial charge in [0.05, 0.1) is 17.0 Å². The molecule has 0 saturated heterocycles. The lowest BCUT2D eigenvalue weighted by Crippen LogP contribution is -2.54. The number of likely N-dealkylation sites (N-methyl/N-ethyl adjacent to an activating group) is 1. The molecule has 1 aliphatic heterocycles. The molecule has 6 heteroatoms. The second-order valence-electron chi connectivity index (χ2n) is 9.75. The van der Waals surface area contributed by atoms with Crippen molar-refractivity contribution in [2.45, 2.75) is 52.0 Å². The molecule has 3 amide bonds. The van der Waals surface area contributed by atoms with Gasteiger partial charge in [-0.15, -0.1) is 0 Å². The van der Waals surface area contributed by atoms with Crippen molar-refractivity contribution in [3.63, 3.8) is 0 Å².